The Bertz CT molecular complexity index is 371. The molecule has 0 saturated heterocycles. The highest BCUT2D eigenvalue weighted by Gasteiger charge is 2.25. The van der Waals surface area contributed by atoms with Crippen LogP contribution in [0.3, 0.4) is 0 Å². The molecule has 4 unspecified atom stereocenters. The van der Waals surface area contributed by atoms with Crippen molar-refractivity contribution in [1.82, 2.24) is 5.32 Å². The fourth-order valence-corrected chi connectivity index (χ4v) is 3.92. The van der Waals surface area contributed by atoms with Gasteiger partial charge in [-0.05, 0) is 56.6 Å². The Morgan fingerprint density at radius 1 is 1.28 bits per heavy atom. The molecular weight excluding hydrogens is 238 g/mol. The van der Waals surface area contributed by atoms with Gasteiger partial charge in [0.1, 0.15) is 0 Å². The van der Waals surface area contributed by atoms with Crippen molar-refractivity contribution < 1.29 is 0 Å². The molecule has 2 rings (SSSR count). The highest BCUT2D eigenvalue weighted by Crippen LogP contribution is 2.31. The number of aryl methyl sites for hydroxylation is 1. The second-order valence-electron chi connectivity index (χ2n) is 6.01. The molecule has 0 aliphatic heterocycles. The Kier molecular flexibility index (Phi) is 4.85. The van der Waals surface area contributed by atoms with Crippen molar-refractivity contribution in [2.24, 2.45) is 11.8 Å². The van der Waals surface area contributed by atoms with E-state index < -0.39 is 0 Å². The SMILES string of the molecule is CCc1ccc(C(C)NC2CCC(C)C(C)C2)s1. The van der Waals surface area contributed by atoms with Gasteiger partial charge in [-0.15, -0.1) is 11.3 Å². The van der Waals surface area contributed by atoms with Crippen LogP contribution in [-0.2, 0) is 6.42 Å². The summed E-state index contributed by atoms with van der Waals surface area (Å²) in [6.07, 6.45) is 5.24. The maximum absolute atomic E-state index is 3.83. The van der Waals surface area contributed by atoms with Crippen LogP contribution in [0.2, 0.25) is 0 Å². The summed E-state index contributed by atoms with van der Waals surface area (Å²) in [6.45, 7) is 9.35. The Balaban J connectivity index is 1.89. The molecule has 0 radical (unpaired) electrons. The van der Waals surface area contributed by atoms with E-state index in [0.29, 0.717) is 6.04 Å². The molecule has 1 aromatic rings. The van der Waals surface area contributed by atoms with Gasteiger partial charge in [-0.2, -0.15) is 0 Å². The Hall–Kier alpha value is -0.340. The second-order valence-corrected chi connectivity index (χ2v) is 7.21. The van der Waals surface area contributed by atoms with Crippen LogP contribution in [0.4, 0.5) is 0 Å². The molecule has 1 nitrogen and oxygen atoms in total. The molecule has 18 heavy (non-hydrogen) atoms. The zero-order valence-corrected chi connectivity index (χ0v) is 13.0. The summed E-state index contributed by atoms with van der Waals surface area (Å²) in [4.78, 5) is 3.00. The lowest BCUT2D eigenvalue weighted by Crippen LogP contribution is -2.37. The van der Waals surface area contributed by atoms with E-state index in [-0.39, 0.29) is 0 Å². The van der Waals surface area contributed by atoms with Crippen molar-refractivity contribution in [3.05, 3.63) is 21.9 Å². The Labute approximate surface area is 116 Å². The predicted octanol–water partition coefficient (Wildman–Crippen LogP) is 4.79. The first-order valence-electron chi connectivity index (χ1n) is 7.44. The zero-order valence-electron chi connectivity index (χ0n) is 12.2. The summed E-state index contributed by atoms with van der Waals surface area (Å²) in [6, 6.07) is 5.82. The van der Waals surface area contributed by atoms with E-state index in [1.807, 2.05) is 11.3 Å². The van der Waals surface area contributed by atoms with Gasteiger partial charge in [0.15, 0.2) is 0 Å². The molecule has 0 spiro atoms. The van der Waals surface area contributed by atoms with Crippen molar-refractivity contribution >= 4 is 11.3 Å². The normalized spacial score (nSPS) is 30.3. The number of hydrogen-bond donors (Lipinski definition) is 1. The lowest BCUT2D eigenvalue weighted by atomic mass is 9.79. The highest BCUT2D eigenvalue weighted by molar-refractivity contribution is 7.12. The van der Waals surface area contributed by atoms with Gasteiger partial charge in [-0.3, -0.25) is 0 Å². The molecule has 0 aromatic carbocycles. The van der Waals surface area contributed by atoms with E-state index in [1.54, 1.807) is 0 Å². The van der Waals surface area contributed by atoms with Crippen molar-refractivity contribution in [1.29, 1.82) is 0 Å². The Morgan fingerprint density at radius 3 is 2.67 bits per heavy atom. The first kappa shape index (κ1) is 14.1. The van der Waals surface area contributed by atoms with Gasteiger partial charge in [0.25, 0.3) is 0 Å². The van der Waals surface area contributed by atoms with Gasteiger partial charge in [-0.25, -0.2) is 0 Å². The quantitative estimate of drug-likeness (QED) is 0.825. The molecule has 4 atom stereocenters. The second kappa shape index (κ2) is 6.21. The molecular formula is C16H27NS. The van der Waals surface area contributed by atoms with Crippen LogP contribution in [-0.4, -0.2) is 6.04 Å². The fourth-order valence-electron chi connectivity index (χ4n) is 2.95. The predicted molar refractivity (Wildman–Crippen MR) is 81.2 cm³/mol. The number of nitrogens with one attached hydrogen (secondary N) is 1. The molecule has 2 heteroatoms. The molecule has 102 valence electrons. The molecule has 1 aromatic heterocycles. The van der Waals surface area contributed by atoms with E-state index in [0.717, 1.165) is 24.3 Å². The van der Waals surface area contributed by atoms with E-state index in [2.05, 4.69) is 45.1 Å². The third kappa shape index (κ3) is 3.36. The number of rotatable bonds is 4. The van der Waals surface area contributed by atoms with Crippen LogP contribution in [0, 0.1) is 11.8 Å². The summed E-state index contributed by atoms with van der Waals surface area (Å²) in [5.41, 5.74) is 0. The van der Waals surface area contributed by atoms with Crippen LogP contribution < -0.4 is 5.32 Å². The third-order valence-electron chi connectivity index (χ3n) is 4.54. The van der Waals surface area contributed by atoms with Gasteiger partial charge in [-0.1, -0.05) is 20.8 Å². The largest absolute Gasteiger partial charge is 0.307 e. The van der Waals surface area contributed by atoms with Crippen LogP contribution in [0.25, 0.3) is 0 Å². The molecule has 1 aliphatic carbocycles. The average molecular weight is 265 g/mol. The van der Waals surface area contributed by atoms with E-state index in [4.69, 9.17) is 0 Å². The minimum atomic E-state index is 0.515. The topological polar surface area (TPSA) is 12.0 Å². The molecule has 1 aliphatic rings. The highest BCUT2D eigenvalue weighted by atomic mass is 32.1. The summed E-state index contributed by atoms with van der Waals surface area (Å²) in [7, 11) is 0. The lowest BCUT2D eigenvalue weighted by molar-refractivity contribution is 0.218. The summed E-state index contributed by atoms with van der Waals surface area (Å²) < 4.78 is 0. The average Bonchev–Trinajstić information content (AvgIpc) is 2.82. The van der Waals surface area contributed by atoms with E-state index in [9.17, 15) is 0 Å². The van der Waals surface area contributed by atoms with Crippen molar-refractivity contribution in [2.45, 2.75) is 65.5 Å². The van der Waals surface area contributed by atoms with Gasteiger partial charge < -0.3 is 5.32 Å². The maximum atomic E-state index is 3.83. The molecule has 0 bridgehead atoms. The molecule has 0 amide bonds. The van der Waals surface area contributed by atoms with Crippen molar-refractivity contribution in [3.63, 3.8) is 0 Å². The van der Waals surface area contributed by atoms with Crippen LogP contribution in [0.1, 0.15) is 62.8 Å². The van der Waals surface area contributed by atoms with Crippen molar-refractivity contribution in [3.8, 4) is 0 Å². The minimum Gasteiger partial charge on any atom is -0.307 e. The first-order valence-corrected chi connectivity index (χ1v) is 8.26. The van der Waals surface area contributed by atoms with Gasteiger partial charge in [0.2, 0.25) is 0 Å². The molecule has 1 heterocycles. The van der Waals surface area contributed by atoms with E-state index >= 15 is 0 Å². The summed E-state index contributed by atoms with van der Waals surface area (Å²) >= 11 is 1.97. The molecule has 1 saturated carbocycles. The molecule has 1 fully saturated rings. The standard InChI is InChI=1S/C16H27NS/c1-5-15-8-9-16(18-15)13(4)17-14-7-6-11(2)12(3)10-14/h8-9,11-14,17H,5-7,10H2,1-4H3. The monoisotopic (exact) mass is 265 g/mol. The van der Waals surface area contributed by atoms with Crippen LogP contribution in [0.15, 0.2) is 12.1 Å². The van der Waals surface area contributed by atoms with E-state index in [1.165, 1.54) is 29.0 Å². The summed E-state index contributed by atoms with van der Waals surface area (Å²) in [5.74, 6) is 1.78. The van der Waals surface area contributed by atoms with Crippen molar-refractivity contribution in [2.75, 3.05) is 0 Å². The smallest absolute Gasteiger partial charge is 0.0388 e. The van der Waals surface area contributed by atoms with Gasteiger partial charge in [0, 0.05) is 21.8 Å². The Morgan fingerprint density at radius 2 is 2.06 bits per heavy atom. The molecule has 1 N–H and O–H groups in total. The van der Waals surface area contributed by atoms with Crippen LogP contribution >= 0.6 is 11.3 Å². The number of thiophene rings is 1. The minimum absolute atomic E-state index is 0.515. The van der Waals surface area contributed by atoms with Crippen LogP contribution in [0.5, 0.6) is 0 Å². The first-order chi connectivity index (χ1) is 8.60. The maximum Gasteiger partial charge on any atom is 0.0388 e. The summed E-state index contributed by atoms with van der Waals surface area (Å²) in [5, 5.41) is 3.83. The van der Waals surface area contributed by atoms with Gasteiger partial charge >= 0.3 is 0 Å². The number of hydrogen-bond acceptors (Lipinski definition) is 2. The van der Waals surface area contributed by atoms with Gasteiger partial charge in [0.05, 0.1) is 0 Å². The third-order valence-corrected chi connectivity index (χ3v) is 5.95. The zero-order chi connectivity index (χ0) is 13.1. The fraction of sp³-hybridized carbons (Fsp3) is 0.750. The lowest BCUT2D eigenvalue weighted by Gasteiger charge is -2.34.